The Morgan fingerprint density at radius 1 is 1.22 bits per heavy atom. The normalized spacial score (nSPS) is 11.9. The van der Waals surface area contributed by atoms with E-state index in [1.54, 1.807) is 12.1 Å². The molecule has 1 aromatic rings. The summed E-state index contributed by atoms with van der Waals surface area (Å²) in [5.74, 6) is 1.01. The van der Waals surface area contributed by atoms with E-state index in [0.717, 1.165) is 0 Å². The zero-order valence-electron chi connectivity index (χ0n) is 9.95. The molecule has 0 radical (unpaired) electrons. The fourth-order valence-electron chi connectivity index (χ4n) is 1.43. The maximum absolute atomic E-state index is 12.3. The molecule has 1 aromatic carbocycles. The Hall–Kier alpha value is -0.590. The molecule has 0 amide bonds. The molecule has 0 spiro atoms. The van der Waals surface area contributed by atoms with Gasteiger partial charge in [0.15, 0.2) is 0 Å². The van der Waals surface area contributed by atoms with Crippen LogP contribution in [0.1, 0.15) is 18.0 Å². The third-order valence-electron chi connectivity index (χ3n) is 2.33. The Labute approximate surface area is 119 Å². The molecule has 3 nitrogen and oxygen atoms in total. The quantitative estimate of drug-likeness (QED) is 0.887. The highest BCUT2D eigenvalue weighted by atomic mass is 79.9. The molecule has 0 aromatic heterocycles. The van der Waals surface area contributed by atoms with Gasteiger partial charge in [-0.3, -0.25) is 0 Å². The second kappa shape index (κ2) is 7.76. The molecule has 0 aliphatic carbocycles. The molecule has 1 atom stereocenters. The molecule has 0 aliphatic heterocycles. The van der Waals surface area contributed by atoms with E-state index >= 15 is 0 Å². The van der Waals surface area contributed by atoms with Crippen molar-refractivity contribution in [3.05, 3.63) is 22.2 Å². The van der Waals surface area contributed by atoms with Crippen LogP contribution in [0.5, 0.6) is 11.5 Å². The summed E-state index contributed by atoms with van der Waals surface area (Å²) in [4.78, 5) is 0. The smallest absolute Gasteiger partial charge is 0.240 e. The second-order valence-corrected chi connectivity index (χ2v) is 4.27. The van der Waals surface area contributed by atoms with Crippen molar-refractivity contribution in [2.45, 2.75) is 18.9 Å². The van der Waals surface area contributed by atoms with E-state index < -0.39 is 18.9 Å². The highest BCUT2D eigenvalue weighted by molar-refractivity contribution is 9.10. The topological polar surface area (TPSA) is 44.5 Å². The van der Waals surface area contributed by atoms with Crippen molar-refractivity contribution >= 4 is 28.3 Å². The molecular weight excluding hydrogens is 331 g/mol. The number of alkyl halides is 2. The molecule has 18 heavy (non-hydrogen) atoms. The lowest BCUT2D eigenvalue weighted by atomic mass is 10.0. The van der Waals surface area contributed by atoms with E-state index in [-0.39, 0.29) is 12.4 Å². The average Bonchev–Trinajstić information content (AvgIpc) is 2.28. The molecule has 7 heteroatoms. The number of hydrogen-bond acceptors (Lipinski definition) is 3. The third-order valence-corrected chi connectivity index (χ3v) is 3.11. The number of benzene rings is 1. The van der Waals surface area contributed by atoms with Crippen molar-refractivity contribution in [1.82, 2.24) is 0 Å². The first-order valence-electron chi connectivity index (χ1n) is 4.94. The summed E-state index contributed by atoms with van der Waals surface area (Å²) >= 11 is 3.30. The molecule has 0 fully saturated rings. The number of halogens is 4. The van der Waals surface area contributed by atoms with Crippen LogP contribution in [0.25, 0.3) is 0 Å². The van der Waals surface area contributed by atoms with Crippen LogP contribution in [0.15, 0.2) is 16.6 Å². The molecule has 2 N–H and O–H groups in total. The molecule has 0 unspecified atom stereocenters. The molecule has 0 saturated carbocycles. The predicted molar refractivity (Wildman–Crippen MR) is 72.0 cm³/mol. The lowest BCUT2D eigenvalue weighted by Crippen LogP contribution is -2.14. The summed E-state index contributed by atoms with van der Waals surface area (Å²) < 4.78 is 35.4. The summed E-state index contributed by atoms with van der Waals surface area (Å²) in [6, 6.07) is 2.50. The van der Waals surface area contributed by atoms with Gasteiger partial charge in [-0.05, 0) is 33.6 Å². The van der Waals surface area contributed by atoms with Crippen LogP contribution in [0.3, 0.4) is 0 Å². The van der Waals surface area contributed by atoms with Gasteiger partial charge in [-0.1, -0.05) is 0 Å². The molecule has 1 rings (SSSR count). The van der Waals surface area contributed by atoms with Crippen LogP contribution < -0.4 is 15.2 Å². The maximum Gasteiger partial charge on any atom is 0.240 e. The van der Waals surface area contributed by atoms with Crippen LogP contribution in [-0.4, -0.2) is 20.6 Å². The lowest BCUT2D eigenvalue weighted by molar-refractivity contribution is 0.128. The Kier molecular flexibility index (Phi) is 7.51. The van der Waals surface area contributed by atoms with Gasteiger partial charge in [0.25, 0.3) is 0 Å². The fraction of sp³-hybridized carbons (Fsp3) is 0.455. The van der Waals surface area contributed by atoms with E-state index in [9.17, 15) is 8.78 Å². The summed E-state index contributed by atoms with van der Waals surface area (Å²) in [6.07, 6.45) is -2.83. The monoisotopic (exact) mass is 345 g/mol. The van der Waals surface area contributed by atoms with Crippen molar-refractivity contribution < 1.29 is 18.3 Å². The molecule has 0 heterocycles. The molecule has 0 aliphatic rings. The van der Waals surface area contributed by atoms with E-state index in [1.165, 1.54) is 14.2 Å². The third kappa shape index (κ3) is 4.26. The van der Waals surface area contributed by atoms with Crippen molar-refractivity contribution in [3.63, 3.8) is 0 Å². The van der Waals surface area contributed by atoms with Crippen molar-refractivity contribution in [2.75, 3.05) is 14.2 Å². The van der Waals surface area contributed by atoms with Gasteiger partial charge in [0.05, 0.1) is 14.2 Å². The van der Waals surface area contributed by atoms with E-state index in [4.69, 9.17) is 15.2 Å². The number of methoxy groups -OCH3 is 2. The van der Waals surface area contributed by atoms with Gasteiger partial charge in [-0.2, -0.15) is 0 Å². The molecule has 0 bridgehead atoms. The van der Waals surface area contributed by atoms with E-state index in [2.05, 4.69) is 15.9 Å². The summed E-state index contributed by atoms with van der Waals surface area (Å²) in [7, 11) is 2.98. The van der Waals surface area contributed by atoms with Crippen LogP contribution >= 0.6 is 28.3 Å². The molecule has 0 saturated heterocycles. The number of rotatable bonds is 5. The number of ether oxygens (including phenoxy) is 2. The standard InChI is InChI=1S/C11H14BrF2NO2.ClH/c1-16-8-3-6(7(15)5-10(13)14)4-9(17-2)11(8)12;/h3-4,7,10H,5,15H2,1-2H3;1H/t7-;/m1./s1. The largest absolute Gasteiger partial charge is 0.495 e. The van der Waals surface area contributed by atoms with Gasteiger partial charge in [-0.15, -0.1) is 12.4 Å². The number of nitrogens with two attached hydrogens (primary N) is 1. The highest BCUT2D eigenvalue weighted by Crippen LogP contribution is 2.37. The van der Waals surface area contributed by atoms with Crippen LogP contribution in [0.2, 0.25) is 0 Å². The minimum atomic E-state index is -2.44. The van der Waals surface area contributed by atoms with Crippen molar-refractivity contribution in [1.29, 1.82) is 0 Å². The number of hydrogen-bond donors (Lipinski definition) is 1. The van der Waals surface area contributed by atoms with Gasteiger partial charge in [-0.25, -0.2) is 8.78 Å². The van der Waals surface area contributed by atoms with Crippen LogP contribution in [0.4, 0.5) is 8.78 Å². The Balaban J connectivity index is 0.00000289. The Bertz CT molecular complexity index is 368. The van der Waals surface area contributed by atoms with Crippen molar-refractivity contribution in [3.8, 4) is 11.5 Å². The van der Waals surface area contributed by atoms with Crippen LogP contribution in [-0.2, 0) is 0 Å². The van der Waals surface area contributed by atoms with Gasteiger partial charge in [0.2, 0.25) is 6.43 Å². The second-order valence-electron chi connectivity index (χ2n) is 3.47. The highest BCUT2D eigenvalue weighted by Gasteiger charge is 2.17. The first kappa shape index (κ1) is 17.4. The van der Waals surface area contributed by atoms with Crippen LogP contribution in [0, 0.1) is 0 Å². The minimum Gasteiger partial charge on any atom is -0.495 e. The minimum absolute atomic E-state index is 0. The zero-order valence-corrected chi connectivity index (χ0v) is 12.4. The maximum atomic E-state index is 12.3. The average molecular weight is 347 g/mol. The van der Waals surface area contributed by atoms with E-state index in [0.29, 0.717) is 21.5 Å². The van der Waals surface area contributed by atoms with Gasteiger partial charge < -0.3 is 15.2 Å². The molecule has 104 valence electrons. The Morgan fingerprint density at radius 3 is 2.00 bits per heavy atom. The fourth-order valence-corrected chi connectivity index (χ4v) is 1.98. The SMILES string of the molecule is COc1cc([C@H](N)CC(F)F)cc(OC)c1Br.Cl. The summed E-state index contributed by atoms with van der Waals surface area (Å²) in [6.45, 7) is 0. The Morgan fingerprint density at radius 2 is 1.67 bits per heavy atom. The summed E-state index contributed by atoms with van der Waals surface area (Å²) in [5, 5.41) is 0. The first-order chi connectivity index (χ1) is 7.99. The van der Waals surface area contributed by atoms with Crippen molar-refractivity contribution in [2.24, 2.45) is 5.73 Å². The van der Waals surface area contributed by atoms with Gasteiger partial charge in [0, 0.05) is 12.5 Å². The lowest BCUT2D eigenvalue weighted by Gasteiger charge is -2.16. The first-order valence-corrected chi connectivity index (χ1v) is 5.74. The van der Waals surface area contributed by atoms with E-state index in [1.807, 2.05) is 0 Å². The molecular formula is C11H15BrClF2NO2. The summed E-state index contributed by atoms with van der Waals surface area (Å²) in [5.41, 5.74) is 6.24. The zero-order chi connectivity index (χ0) is 13.0. The van der Waals surface area contributed by atoms with Gasteiger partial charge in [0.1, 0.15) is 16.0 Å². The predicted octanol–water partition coefficient (Wildman–Crippen LogP) is 3.54. The van der Waals surface area contributed by atoms with Gasteiger partial charge >= 0.3 is 0 Å².